The van der Waals surface area contributed by atoms with Crippen LogP contribution in [-0.4, -0.2) is 16.9 Å². The fourth-order valence-corrected chi connectivity index (χ4v) is 2.53. The summed E-state index contributed by atoms with van der Waals surface area (Å²) in [5.74, 6) is -0.643. The fraction of sp³-hybridized carbons (Fsp3) is 0.273. The van der Waals surface area contributed by atoms with Gasteiger partial charge in [-0.3, -0.25) is 4.79 Å². The van der Waals surface area contributed by atoms with Crippen LogP contribution in [0.15, 0.2) is 18.2 Å². The maximum atomic E-state index is 13.0. The van der Waals surface area contributed by atoms with E-state index in [2.05, 4.69) is 10.3 Å². The van der Waals surface area contributed by atoms with Crippen LogP contribution in [0.1, 0.15) is 13.3 Å². The van der Waals surface area contributed by atoms with Crippen LogP contribution < -0.4 is 11.1 Å². The summed E-state index contributed by atoms with van der Waals surface area (Å²) in [6.45, 7) is 1.84. The van der Waals surface area contributed by atoms with E-state index in [4.69, 9.17) is 5.73 Å². The van der Waals surface area contributed by atoms with Crippen molar-refractivity contribution in [2.75, 3.05) is 5.32 Å². The van der Waals surface area contributed by atoms with Gasteiger partial charge >= 0.3 is 0 Å². The molecule has 0 fully saturated rings. The minimum atomic E-state index is -0.364. The number of nitrogens with two attached hydrogens (primary N) is 1. The second-order valence-corrected chi connectivity index (χ2v) is 4.88. The van der Waals surface area contributed by atoms with Crippen molar-refractivity contribution >= 4 is 32.6 Å². The number of anilines is 1. The van der Waals surface area contributed by atoms with Gasteiger partial charge < -0.3 is 11.1 Å². The minimum Gasteiger partial charge on any atom is -0.370 e. The van der Waals surface area contributed by atoms with E-state index in [0.717, 1.165) is 10.2 Å². The van der Waals surface area contributed by atoms with Crippen LogP contribution in [0.2, 0.25) is 0 Å². The number of primary amides is 1. The van der Waals surface area contributed by atoms with Gasteiger partial charge in [0.1, 0.15) is 5.82 Å². The first-order valence-corrected chi connectivity index (χ1v) is 5.97. The third-order valence-electron chi connectivity index (χ3n) is 2.23. The molecule has 90 valence electrons. The maximum Gasteiger partial charge on any atom is 0.219 e. The molecule has 2 rings (SSSR count). The van der Waals surface area contributed by atoms with Crippen LogP contribution in [0, 0.1) is 5.82 Å². The molecule has 0 saturated heterocycles. The van der Waals surface area contributed by atoms with E-state index in [9.17, 15) is 9.18 Å². The van der Waals surface area contributed by atoms with E-state index >= 15 is 0 Å². The number of fused-ring (bicyclic) bond motifs is 1. The molecule has 6 heteroatoms. The van der Waals surface area contributed by atoms with E-state index in [-0.39, 0.29) is 24.2 Å². The normalized spacial score (nSPS) is 12.6. The topological polar surface area (TPSA) is 68.0 Å². The number of carbonyl (C=O) groups excluding carboxylic acids is 1. The van der Waals surface area contributed by atoms with E-state index in [0.29, 0.717) is 5.13 Å². The Kier molecular flexibility index (Phi) is 3.23. The minimum absolute atomic E-state index is 0.0853. The van der Waals surface area contributed by atoms with Crippen molar-refractivity contribution in [3.63, 3.8) is 0 Å². The number of hydrogen-bond donors (Lipinski definition) is 2. The van der Waals surface area contributed by atoms with Gasteiger partial charge in [-0.15, -0.1) is 0 Å². The molecule has 0 bridgehead atoms. The van der Waals surface area contributed by atoms with Crippen LogP contribution in [-0.2, 0) is 4.79 Å². The van der Waals surface area contributed by atoms with Gasteiger partial charge in [0.15, 0.2) is 5.13 Å². The fourth-order valence-electron chi connectivity index (χ4n) is 1.52. The number of thiazole rings is 1. The lowest BCUT2D eigenvalue weighted by molar-refractivity contribution is -0.118. The lowest BCUT2D eigenvalue weighted by Gasteiger charge is -2.09. The molecule has 3 N–H and O–H groups in total. The second-order valence-electron chi connectivity index (χ2n) is 3.85. The van der Waals surface area contributed by atoms with Gasteiger partial charge in [-0.25, -0.2) is 9.37 Å². The average molecular weight is 253 g/mol. The van der Waals surface area contributed by atoms with Crippen LogP contribution in [0.4, 0.5) is 9.52 Å². The maximum absolute atomic E-state index is 13.0. The zero-order valence-electron chi connectivity index (χ0n) is 9.24. The number of halogens is 1. The molecule has 2 aromatic rings. The van der Waals surface area contributed by atoms with Crippen molar-refractivity contribution < 1.29 is 9.18 Å². The lowest BCUT2D eigenvalue weighted by Crippen LogP contribution is -2.23. The summed E-state index contributed by atoms with van der Waals surface area (Å²) in [5, 5.41) is 3.73. The summed E-state index contributed by atoms with van der Waals surface area (Å²) in [4.78, 5) is 15.0. The van der Waals surface area contributed by atoms with E-state index < -0.39 is 0 Å². The molecule has 1 unspecified atom stereocenters. The highest BCUT2D eigenvalue weighted by atomic mass is 32.1. The van der Waals surface area contributed by atoms with E-state index in [1.165, 1.54) is 23.5 Å². The third-order valence-corrected chi connectivity index (χ3v) is 3.18. The largest absolute Gasteiger partial charge is 0.370 e. The molecule has 0 aliphatic carbocycles. The van der Waals surface area contributed by atoms with Crippen LogP contribution in [0.5, 0.6) is 0 Å². The summed E-state index contributed by atoms with van der Waals surface area (Å²) in [6, 6.07) is 4.36. The quantitative estimate of drug-likeness (QED) is 0.876. The molecule has 0 spiro atoms. The van der Waals surface area contributed by atoms with Crippen molar-refractivity contribution in [1.82, 2.24) is 4.98 Å². The van der Waals surface area contributed by atoms with Crippen molar-refractivity contribution in [1.29, 1.82) is 0 Å². The number of nitrogens with zero attached hydrogens (tertiary/aromatic N) is 1. The van der Waals surface area contributed by atoms with Crippen molar-refractivity contribution in [3.8, 4) is 0 Å². The first kappa shape index (κ1) is 11.8. The first-order valence-electron chi connectivity index (χ1n) is 5.15. The smallest absolute Gasteiger partial charge is 0.219 e. The molecule has 1 aromatic heterocycles. The summed E-state index contributed by atoms with van der Waals surface area (Å²) in [6.07, 6.45) is 0.240. The Hall–Kier alpha value is -1.69. The summed E-state index contributed by atoms with van der Waals surface area (Å²) in [7, 11) is 0. The third kappa shape index (κ3) is 2.91. The predicted molar refractivity (Wildman–Crippen MR) is 66.5 cm³/mol. The highest BCUT2D eigenvalue weighted by molar-refractivity contribution is 7.22. The van der Waals surface area contributed by atoms with Crippen molar-refractivity contribution in [2.24, 2.45) is 5.73 Å². The monoisotopic (exact) mass is 253 g/mol. The SMILES string of the molecule is CC(CC(N)=O)Nc1nc2ccc(F)cc2s1. The van der Waals surface area contributed by atoms with Crippen molar-refractivity contribution in [2.45, 2.75) is 19.4 Å². The lowest BCUT2D eigenvalue weighted by atomic mass is 10.2. The number of benzene rings is 1. The molecular formula is C11H12FN3OS. The number of nitrogens with one attached hydrogen (secondary N) is 1. The molecule has 17 heavy (non-hydrogen) atoms. The molecule has 0 aliphatic heterocycles. The molecule has 0 aliphatic rings. The molecule has 1 heterocycles. The number of rotatable bonds is 4. The van der Waals surface area contributed by atoms with Gasteiger partial charge in [0.05, 0.1) is 10.2 Å². The molecule has 0 saturated carbocycles. The summed E-state index contributed by atoms with van der Waals surface area (Å²) < 4.78 is 13.8. The first-order chi connectivity index (χ1) is 8.04. The average Bonchev–Trinajstić information content (AvgIpc) is 2.57. The Balaban J connectivity index is 2.16. The van der Waals surface area contributed by atoms with Crippen molar-refractivity contribution in [3.05, 3.63) is 24.0 Å². The van der Waals surface area contributed by atoms with Crippen LogP contribution in [0.25, 0.3) is 10.2 Å². The van der Waals surface area contributed by atoms with Gasteiger partial charge in [0.2, 0.25) is 5.91 Å². The molecular weight excluding hydrogens is 241 g/mol. The Bertz CT molecular complexity index is 555. The standard InChI is InChI=1S/C11H12FN3OS/c1-6(4-10(13)16)14-11-15-8-3-2-7(12)5-9(8)17-11/h2-3,5-6H,4H2,1H3,(H2,13,16)(H,14,15). The number of carbonyl (C=O) groups is 1. The zero-order valence-corrected chi connectivity index (χ0v) is 10.1. The molecule has 4 nitrogen and oxygen atoms in total. The number of aromatic nitrogens is 1. The van der Waals surface area contributed by atoms with Gasteiger partial charge in [-0.2, -0.15) is 0 Å². The van der Waals surface area contributed by atoms with Gasteiger partial charge in [-0.1, -0.05) is 11.3 Å². The Labute approximate surface area is 102 Å². The summed E-state index contributed by atoms with van der Waals surface area (Å²) in [5.41, 5.74) is 5.84. The van der Waals surface area contributed by atoms with E-state index in [1.54, 1.807) is 6.07 Å². The predicted octanol–water partition coefficient (Wildman–Crippen LogP) is 2.11. The van der Waals surface area contributed by atoms with Gasteiger partial charge in [-0.05, 0) is 25.1 Å². The molecule has 1 aromatic carbocycles. The van der Waals surface area contributed by atoms with Crippen LogP contribution >= 0.6 is 11.3 Å². The highest BCUT2D eigenvalue weighted by Gasteiger charge is 2.09. The van der Waals surface area contributed by atoms with E-state index in [1.807, 2.05) is 6.92 Å². The number of amides is 1. The Morgan fingerprint density at radius 3 is 3.12 bits per heavy atom. The Morgan fingerprint density at radius 1 is 1.65 bits per heavy atom. The van der Waals surface area contributed by atoms with Gasteiger partial charge in [0.25, 0.3) is 0 Å². The Morgan fingerprint density at radius 2 is 2.41 bits per heavy atom. The zero-order chi connectivity index (χ0) is 12.4. The number of hydrogen-bond acceptors (Lipinski definition) is 4. The van der Waals surface area contributed by atoms with Crippen LogP contribution in [0.3, 0.4) is 0 Å². The molecule has 0 radical (unpaired) electrons. The molecule has 1 atom stereocenters. The van der Waals surface area contributed by atoms with Gasteiger partial charge in [0, 0.05) is 12.5 Å². The summed E-state index contributed by atoms with van der Waals surface area (Å²) >= 11 is 1.35. The second kappa shape index (κ2) is 4.67. The highest BCUT2D eigenvalue weighted by Crippen LogP contribution is 2.26. The molecule has 1 amide bonds.